The SMILES string of the molecule is CCN(C(=O)CSc1nnc(-c2ccc(C)c(C)c2)o1)C1=CCCCC1. The molecule has 0 spiro atoms. The van der Waals surface area contributed by atoms with Crippen molar-refractivity contribution in [1.82, 2.24) is 15.1 Å². The maximum Gasteiger partial charge on any atom is 0.277 e. The van der Waals surface area contributed by atoms with Crippen LogP contribution < -0.4 is 0 Å². The van der Waals surface area contributed by atoms with Gasteiger partial charge in [-0.2, -0.15) is 0 Å². The molecule has 0 atom stereocenters. The smallest absolute Gasteiger partial charge is 0.277 e. The van der Waals surface area contributed by atoms with E-state index < -0.39 is 0 Å². The van der Waals surface area contributed by atoms with Crippen LogP contribution in [0.5, 0.6) is 0 Å². The number of aromatic nitrogens is 2. The Morgan fingerprint density at radius 2 is 2.08 bits per heavy atom. The maximum atomic E-state index is 12.6. The molecule has 138 valence electrons. The van der Waals surface area contributed by atoms with E-state index in [0.717, 1.165) is 30.5 Å². The van der Waals surface area contributed by atoms with Crippen LogP contribution in [0.1, 0.15) is 43.7 Å². The van der Waals surface area contributed by atoms with Crippen molar-refractivity contribution in [2.24, 2.45) is 0 Å². The van der Waals surface area contributed by atoms with Gasteiger partial charge in [0.2, 0.25) is 11.8 Å². The maximum absolute atomic E-state index is 12.6. The molecule has 26 heavy (non-hydrogen) atoms. The van der Waals surface area contributed by atoms with Gasteiger partial charge in [0.15, 0.2) is 0 Å². The van der Waals surface area contributed by atoms with Gasteiger partial charge in [-0.1, -0.05) is 23.9 Å². The molecule has 1 amide bonds. The number of benzene rings is 1. The zero-order valence-corrected chi connectivity index (χ0v) is 16.4. The van der Waals surface area contributed by atoms with Gasteiger partial charge in [0, 0.05) is 17.8 Å². The van der Waals surface area contributed by atoms with Crippen LogP contribution in [-0.4, -0.2) is 33.3 Å². The number of carbonyl (C=O) groups excluding carboxylic acids is 1. The van der Waals surface area contributed by atoms with Crippen LogP contribution in [0.2, 0.25) is 0 Å². The monoisotopic (exact) mass is 371 g/mol. The third-order valence-corrected chi connectivity index (χ3v) is 5.51. The summed E-state index contributed by atoms with van der Waals surface area (Å²) in [5.41, 5.74) is 4.47. The molecule has 1 heterocycles. The van der Waals surface area contributed by atoms with E-state index >= 15 is 0 Å². The highest BCUT2D eigenvalue weighted by Gasteiger charge is 2.19. The second-order valence-corrected chi connectivity index (χ2v) is 7.47. The number of carbonyl (C=O) groups is 1. The molecule has 0 radical (unpaired) electrons. The van der Waals surface area contributed by atoms with Crippen molar-refractivity contribution in [3.63, 3.8) is 0 Å². The Labute approximate surface area is 158 Å². The number of rotatable bonds is 6. The van der Waals surface area contributed by atoms with E-state index in [1.54, 1.807) is 0 Å². The Bertz CT molecular complexity index is 813. The van der Waals surface area contributed by atoms with Crippen molar-refractivity contribution in [2.75, 3.05) is 12.3 Å². The zero-order chi connectivity index (χ0) is 18.5. The highest BCUT2D eigenvalue weighted by molar-refractivity contribution is 7.99. The fraction of sp³-hybridized carbons (Fsp3) is 0.450. The van der Waals surface area contributed by atoms with Gasteiger partial charge in [0.25, 0.3) is 5.22 Å². The molecule has 0 N–H and O–H groups in total. The third-order valence-electron chi connectivity index (χ3n) is 4.71. The molecule has 1 aliphatic rings. The third kappa shape index (κ3) is 4.36. The zero-order valence-electron chi connectivity index (χ0n) is 15.6. The van der Waals surface area contributed by atoms with Gasteiger partial charge >= 0.3 is 0 Å². The lowest BCUT2D eigenvalue weighted by Gasteiger charge is -2.26. The van der Waals surface area contributed by atoms with Gasteiger partial charge in [-0.15, -0.1) is 10.2 Å². The van der Waals surface area contributed by atoms with Crippen LogP contribution in [0.15, 0.2) is 39.6 Å². The minimum Gasteiger partial charge on any atom is -0.411 e. The molecule has 1 aromatic heterocycles. The number of hydrogen-bond acceptors (Lipinski definition) is 5. The summed E-state index contributed by atoms with van der Waals surface area (Å²) in [5, 5.41) is 8.62. The van der Waals surface area contributed by atoms with Crippen LogP contribution in [0.3, 0.4) is 0 Å². The summed E-state index contributed by atoms with van der Waals surface area (Å²) in [4.78, 5) is 14.5. The molecule has 1 aromatic carbocycles. The van der Waals surface area contributed by atoms with Crippen LogP contribution in [0.25, 0.3) is 11.5 Å². The Hall–Kier alpha value is -2.08. The summed E-state index contributed by atoms with van der Waals surface area (Å²) in [7, 11) is 0. The lowest BCUT2D eigenvalue weighted by Crippen LogP contribution is -2.32. The summed E-state index contributed by atoms with van der Waals surface area (Å²) in [5.74, 6) is 0.890. The van der Waals surface area contributed by atoms with Crippen LogP contribution in [0.4, 0.5) is 0 Å². The van der Waals surface area contributed by atoms with E-state index in [0.29, 0.717) is 23.4 Å². The highest BCUT2D eigenvalue weighted by atomic mass is 32.2. The number of amides is 1. The van der Waals surface area contributed by atoms with E-state index in [-0.39, 0.29) is 5.91 Å². The van der Waals surface area contributed by atoms with Crippen molar-refractivity contribution in [3.05, 3.63) is 41.1 Å². The molecule has 0 saturated heterocycles. The van der Waals surface area contributed by atoms with Crippen molar-refractivity contribution in [2.45, 2.75) is 51.7 Å². The lowest BCUT2D eigenvalue weighted by atomic mass is 10.0. The molecule has 1 aliphatic carbocycles. The fourth-order valence-corrected chi connectivity index (χ4v) is 3.71. The minimum atomic E-state index is 0.0941. The summed E-state index contributed by atoms with van der Waals surface area (Å²) in [6.07, 6.45) is 6.62. The first-order valence-electron chi connectivity index (χ1n) is 9.11. The van der Waals surface area contributed by atoms with Gasteiger partial charge in [0.05, 0.1) is 5.75 Å². The van der Waals surface area contributed by atoms with Crippen LogP contribution in [0, 0.1) is 13.8 Å². The topological polar surface area (TPSA) is 59.2 Å². The van der Waals surface area contributed by atoms with E-state index in [2.05, 4.69) is 30.1 Å². The van der Waals surface area contributed by atoms with Crippen LogP contribution >= 0.6 is 11.8 Å². The molecule has 0 aliphatic heterocycles. The van der Waals surface area contributed by atoms with Crippen molar-refractivity contribution in [3.8, 4) is 11.5 Å². The van der Waals surface area contributed by atoms with E-state index in [1.807, 2.05) is 30.0 Å². The van der Waals surface area contributed by atoms with E-state index in [9.17, 15) is 4.79 Å². The van der Waals surface area contributed by atoms with Crippen LogP contribution in [-0.2, 0) is 4.79 Å². The summed E-state index contributed by atoms with van der Waals surface area (Å²) < 4.78 is 5.73. The van der Waals surface area contributed by atoms with Crippen molar-refractivity contribution >= 4 is 17.7 Å². The van der Waals surface area contributed by atoms with Gasteiger partial charge in [-0.25, -0.2) is 0 Å². The predicted octanol–water partition coefficient (Wildman–Crippen LogP) is 4.75. The molecule has 0 bridgehead atoms. The molecule has 0 saturated carbocycles. The molecule has 6 heteroatoms. The molecule has 0 unspecified atom stereocenters. The van der Waals surface area contributed by atoms with Crippen molar-refractivity contribution < 1.29 is 9.21 Å². The van der Waals surface area contributed by atoms with Gasteiger partial charge in [0.1, 0.15) is 0 Å². The summed E-state index contributed by atoms with van der Waals surface area (Å²) in [6, 6.07) is 6.06. The Morgan fingerprint density at radius 3 is 2.77 bits per heavy atom. The average Bonchev–Trinajstić information content (AvgIpc) is 3.13. The van der Waals surface area contributed by atoms with Gasteiger partial charge in [-0.3, -0.25) is 4.79 Å². The van der Waals surface area contributed by atoms with Gasteiger partial charge < -0.3 is 9.32 Å². The minimum absolute atomic E-state index is 0.0941. The highest BCUT2D eigenvalue weighted by Crippen LogP contribution is 2.26. The first kappa shape index (κ1) is 18.7. The Kier molecular flexibility index (Phi) is 6.14. The summed E-state index contributed by atoms with van der Waals surface area (Å²) in [6.45, 7) is 6.84. The number of aryl methyl sites for hydroxylation is 2. The average molecular weight is 372 g/mol. The molecule has 3 rings (SSSR count). The molecule has 5 nitrogen and oxygen atoms in total. The first-order valence-corrected chi connectivity index (χ1v) is 10.1. The lowest BCUT2D eigenvalue weighted by molar-refractivity contribution is -0.126. The largest absolute Gasteiger partial charge is 0.411 e. The number of thioether (sulfide) groups is 1. The molecule has 0 fully saturated rings. The normalized spacial score (nSPS) is 14.2. The quantitative estimate of drug-likeness (QED) is 0.686. The Balaban J connectivity index is 1.62. The number of nitrogens with zero attached hydrogens (tertiary/aromatic N) is 3. The predicted molar refractivity (Wildman–Crippen MR) is 104 cm³/mol. The molecular formula is C20H25N3O2S. The van der Waals surface area contributed by atoms with Gasteiger partial charge in [-0.05, 0) is 69.7 Å². The second kappa shape index (κ2) is 8.54. The molecule has 2 aromatic rings. The van der Waals surface area contributed by atoms with E-state index in [1.165, 1.54) is 29.3 Å². The number of hydrogen-bond donors (Lipinski definition) is 0. The standard InChI is InChI=1S/C20H25N3O2S/c1-4-23(17-8-6-5-7-9-17)18(24)13-26-20-22-21-19(25-20)16-11-10-14(2)15(3)12-16/h8,10-12H,4-7,9,13H2,1-3H3. The Morgan fingerprint density at radius 1 is 1.23 bits per heavy atom. The first-order chi connectivity index (χ1) is 12.6. The molecular weight excluding hydrogens is 346 g/mol. The number of allylic oxidation sites excluding steroid dienone is 2. The van der Waals surface area contributed by atoms with Crippen molar-refractivity contribution in [1.29, 1.82) is 0 Å². The van der Waals surface area contributed by atoms with E-state index in [4.69, 9.17) is 4.42 Å². The fourth-order valence-electron chi connectivity index (χ4n) is 3.07. The second-order valence-electron chi connectivity index (χ2n) is 6.54. The summed E-state index contributed by atoms with van der Waals surface area (Å²) >= 11 is 1.30.